The summed E-state index contributed by atoms with van der Waals surface area (Å²) in [5.74, 6) is 0.139. The van der Waals surface area contributed by atoms with Crippen LogP contribution in [0.15, 0.2) is 12.5 Å². The van der Waals surface area contributed by atoms with E-state index in [1.165, 1.54) is 10.4 Å². The lowest BCUT2D eigenvalue weighted by Crippen LogP contribution is -2.29. The fraction of sp³-hybridized carbons (Fsp3) is 0.417. The van der Waals surface area contributed by atoms with Crippen molar-refractivity contribution in [3.63, 3.8) is 0 Å². The molecule has 2 N–H and O–H groups in total. The van der Waals surface area contributed by atoms with Crippen LogP contribution in [0.3, 0.4) is 0 Å². The van der Waals surface area contributed by atoms with Gasteiger partial charge in [0.25, 0.3) is 0 Å². The number of amides is 1. The van der Waals surface area contributed by atoms with Gasteiger partial charge >= 0.3 is 0 Å². The average Bonchev–Trinajstić information content (AvgIpc) is 2.67. The molecule has 1 aliphatic carbocycles. The molecule has 2 unspecified atom stereocenters. The number of hydrogen-bond donors (Lipinski definition) is 1. The van der Waals surface area contributed by atoms with E-state index in [-0.39, 0.29) is 11.8 Å². The third kappa shape index (κ3) is 1.61. The normalized spacial score (nSPS) is 23.6. The van der Waals surface area contributed by atoms with Crippen LogP contribution in [0, 0.1) is 5.92 Å². The number of rotatable bonds is 1. The number of carbonyl (C=O) groups is 1. The maximum atomic E-state index is 11.3. The number of primary amides is 1. The summed E-state index contributed by atoms with van der Waals surface area (Å²) in [7, 11) is 0. The van der Waals surface area contributed by atoms with Gasteiger partial charge in [-0.15, -0.1) is 11.3 Å². The average molecular weight is 247 g/mol. The molecule has 88 valence electrons. The van der Waals surface area contributed by atoms with Crippen LogP contribution in [0.2, 0.25) is 0 Å². The Morgan fingerprint density at radius 3 is 3.18 bits per heavy atom. The van der Waals surface area contributed by atoms with E-state index in [0.29, 0.717) is 5.92 Å². The van der Waals surface area contributed by atoms with Crippen molar-refractivity contribution in [2.75, 3.05) is 0 Å². The zero-order chi connectivity index (χ0) is 12.0. The van der Waals surface area contributed by atoms with E-state index in [9.17, 15) is 4.79 Å². The SMILES string of the molecule is CC1CC(C(N)=O)Cc2sc3ncncc3c21. The van der Waals surface area contributed by atoms with Gasteiger partial charge in [-0.25, -0.2) is 9.97 Å². The Morgan fingerprint density at radius 2 is 2.41 bits per heavy atom. The second-order valence-electron chi connectivity index (χ2n) is 4.62. The summed E-state index contributed by atoms with van der Waals surface area (Å²) < 4.78 is 0. The number of nitrogens with zero attached hydrogens (tertiary/aromatic N) is 2. The van der Waals surface area contributed by atoms with E-state index in [4.69, 9.17) is 5.73 Å². The number of aromatic nitrogens is 2. The van der Waals surface area contributed by atoms with Gasteiger partial charge in [0.15, 0.2) is 0 Å². The first-order chi connectivity index (χ1) is 8.16. The molecular weight excluding hydrogens is 234 g/mol. The molecule has 4 nitrogen and oxygen atoms in total. The number of carbonyl (C=O) groups excluding carboxylic acids is 1. The second-order valence-corrected chi connectivity index (χ2v) is 5.70. The van der Waals surface area contributed by atoms with Gasteiger partial charge in [0.05, 0.1) is 0 Å². The molecule has 0 bridgehead atoms. The zero-order valence-electron chi connectivity index (χ0n) is 9.51. The Hall–Kier alpha value is -1.49. The van der Waals surface area contributed by atoms with Crippen LogP contribution in [0.5, 0.6) is 0 Å². The summed E-state index contributed by atoms with van der Waals surface area (Å²) in [5, 5.41) is 1.14. The van der Waals surface area contributed by atoms with E-state index < -0.39 is 0 Å². The molecule has 2 aromatic rings. The Bertz CT molecular complexity index is 592. The van der Waals surface area contributed by atoms with Crippen molar-refractivity contribution in [3.05, 3.63) is 23.0 Å². The van der Waals surface area contributed by atoms with Gasteiger partial charge in [-0.1, -0.05) is 6.92 Å². The third-order valence-corrected chi connectivity index (χ3v) is 4.60. The van der Waals surface area contributed by atoms with E-state index in [2.05, 4.69) is 16.9 Å². The fourth-order valence-electron chi connectivity index (χ4n) is 2.67. The minimum absolute atomic E-state index is 0.0291. The lowest BCUT2D eigenvalue weighted by molar-refractivity contribution is -0.122. The Kier molecular flexibility index (Phi) is 2.36. The maximum absolute atomic E-state index is 11.3. The Morgan fingerprint density at radius 1 is 1.59 bits per heavy atom. The van der Waals surface area contributed by atoms with Crippen LogP contribution in [0.25, 0.3) is 10.2 Å². The van der Waals surface area contributed by atoms with Crippen LogP contribution in [-0.2, 0) is 11.2 Å². The summed E-state index contributed by atoms with van der Waals surface area (Å²) in [6.07, 6.45) is 5.04. The van der Waals surface area contributed by atoms with Crippen molar-refractivity contribution in [2.45, 2.75) is 25.7 Å². The van der Waals surface area contributed by atoms with Crippen LogP contribution >= 0.6 is 11.3 Å². The van der Waals surface area contributed by atoms with Crippen molar-refractivity contribution in [1.82, 2.24) is 9.97 Å². The lowest BCUT2D eigenvalue weighted by Gasteiger charge is -2.25. The molecule has 1 aliphatic rings. The summed E-state index contributed by atoms with van der Waals surface area (Å²) in [6.45, 7) is 2.15. The van der Waals surface area contributed by atoms with Crippen LogP contribution in [-0.4, -0.2) is 15.9 Å². The molecule has 0 radical (unpaired) electrons. The summed E-state index contributed by atoms with van der Waals surface area (Å²) in [4.78, 5) is 22.0. The smallest absolute Gasteiger partial charge is 0.220 e. The molecule has 0 fully saturated rings. The molecule has 3 rings (SSSR count). The van der Waals surface area contributed by atoms with Crippen molar-refractivity contribution in [2.24, 2.45) is 11.7 Å². The molecule has 0 saturated carbocycles. The number of fused-ring (bicyclic) bond motifs is 3. The Balaban J connectivity index is 2.15. The van der Waals surface area contributed by atoms with Gasteiger partial charge in [0.2, 0.25) is 5.91 Å². The molecule has 2 heterocycles. The van der Waals surface area contributed by atoms with Gasteiger partial charge < -0.3 is 5.73 Å². The van der Waals surface area contributed by atoms with E-state index in [0.717, 1.165) is 23.1 Å². The molecule has 0 saturated heterocycles. The Labute approximate surface area is 103 Å². The van der Waals surface area contributed by atoms with Crippen molar-refractivity contribution < 1.29 is 4.79 Å². The lowest BCUT2D eigenvalue weighted by atomic mass is 9.80. The van der Waals surface area contributed by atoms with Crippen molar-refractivity contribution >= 4 is 27.5 Å². The van der Waals surface area contributed by atoms with Crippen LogP contribution in [0.1, 0.15) is 29.7 Å². The molecule has 17 heavy (non-hydrogen) atoms. The van der Waals surface area contributed by atoms with Crippen molar-refractivity contribution in [1.29, 1.82) is 0 Å². The highest BCUT2D eigenvalue weighted by Crippen LogP contribution is 2.42. The highest BCUT2D eigenvalue weighted by atomic mass is 32.1. The first-order valence-corrected chi connectivity index (χ1v) is 6.49. The van der Waals surface area contributed by atoms with Gasteiger partial charge in [-0.05, 0) is 24.3 Å². The highest BCUT2D eigenvalue weighted by Gasteiger charge is 2.30. The molecular formula is C12H13N3OS. The van der Waals surface area contributed by atoms with E-state index in [1.807, 2.05) is 6.20 Å². The van der Waals surface area contributed by atoms with Gasteiger partial charge in [0.1, 0.15) is 11.2 Å². The molecule has 0 spiro atoms. The van der Waals surface area contributed by atoms with E-state index >= 15 is 0 Å². The predicted molar refractivity (Wildman–Crippen MR) is 66.8 cm³/mol. The first kappa shape index (κ1) is 10.7. The monoisotopic (exact) mass is 247 g/mol. The van der Waals surface area contributed by atoms with Gasteiger partial charge in [-0.2, -0.15) is 0 Å². The van der Waals surface area contributed by atoms with Crippen molar-refractivity contribution in [3.8, 4) is 0 Å². The highest BCUT2D eigenvalue weighted by molar-refractivity contribution is 7.18. The maximum Gasteiger partial charge on any atom is 0.220 e. The van der Waals surface area contributed by atoms with E-state index in [1.54, 1.807) is 17.7 Å². The summed E-state index contributed by atoms with van der Waals surface area (Å²) in [5.41, 5.74) is 6.74. The first-order valence-electron chi connectivity index (χ1n) is 5.67. The number of nitrogens with two attached hydrogens (primary N) is 1. The summed E-state index contributed by atoms with van der Waals surface area (Å²) in [6, 6.07) is 0. The minimum Gasteiger partial charge on any atom is -0.369 e. The molecule has 5 heteroatoms. The fourth-order valence-corrected chi connectivity index (χ4v) is 3.98. The van der Waals surface area contributed by atoms with Crippen LogP contribution in [0.4, 0.5) is 0 Å². The number of hydrogen-bond acceptors (Lipinski definition) is 4. The predicted octanol–water partition coefficient (Wildman–Crippen LogP) is 1.84. The molecule has 1 amide bonds. The zero-order valence-corrected chi connectivity index (χ0v) is 10.3. The second kappa shape index (κ2) is 3.77. The van der Waals surface area contributed by atoms with Gasteiger partial charge in [0, 0.05) is 22.4 Å². The standard InChI is InChI=1S/C12H13N3OS/c1-6-2-7(11(13)16)3-9-10(6)8-4-14-5-15-12(8)17-9/h4-7H,2-3H2,1H3,(H2,13,16). The molecule has 0 aromatic carbocycles. The quantitative estimate of drug-likeness (QED) is 0.836. The summed E-state index contributed by atoms with van der Waals surface area (Å²) >= 11 is 1.67. The largest absolute Gasteiger partial charge is 0.369 e. The topological polar surface area (TPSA) is 68.9 Å². The van der Waals surface area contributed by atoms with Gasteiger partial charge in [-0.3, -0.25) is 4.79 Å². The minimum atomic E-state index is -0.189. The number of thiophene rings is 1. The molecule has 2 aromatic heterocycles. The van der Waals surface area contributed by atoms with Crippen LogP contribution < -0.4 is 5.73 Å². The third-order valence-electron chi connectivity index (χ3n) is 3.45. The molecule has 0 aliphatic heterocycles. The molecule has 2 atom stereocenters.